The summed E-state index contributed by atoms with van der Waals surface area (Å²) in [5.74, 6) is 0.970. The number of ether oxygens (including phenoxy) is 1. The molecule has 1 aromatic heterocycles. The van der Waals surface area contributed by atoms with E-state index in [1.807, 2.05) is 47.4 Å². The number of amides is 1. The third kappa shape index (κ3) is 5.41. The van der Waals surface area contributed by atoms with E-state index in [0.29, 0.717) is 11.1 Å². The molecule has 2 aliphatic heterocycles. The van der Waals surface area contributed by atoms with Gasteiger partial charge in [-0.1, -0.05) is 29.8 Å². The second kappa shape index (κ2) is 10.1. The van der Waals surface area contributed by atoms with Crippen molar-refractivity contribution in [3.05, 3.63) is 65.5 Å². The topological polar surface area (TPSA) is 45.7 Å². The SMILES string of the molecule is O=C(/C=C/c1ccccc1Cl)N1CCC(N2CCC(Oc3ccncc3)CC2)CC1. The van der Waals surface area contributed by atoms with Crippen LogP contribution in [0.5, 0.6) is 5.75 Å². The fraction of sp³-hybridized carbons (Fsp3) is 0.417. The maximum Gasteiger partial charge on any atom is 0.246 e. The summed E-state index contributed by atoms with van der Waals surface area (Å²) in [6.45, 7) is 3.73. The quantitative estimate of drug-likeness (QED) is 0.670. The van der Waals surface area contributed by atoms with Gasteiger partial charge in [0.1, 0.15) is 11.9 Å². The molecular formula is C24H28ClN3O2. The maximum atomic E-state index is 12.5. The third-order valence-electron chi connectivity index (χ3n) is 6.03. The second-order valence-corrected chi connectivity index (χ2v) is 8.35. The van der Waals surface area contributed by atoms with Gasteiger partial charge >= 0.3 is 0 Å². The molecule has 6 heteroatoms. The number of aromatic nitrogens is 1. The molecule has 30 heavy (non-hydrogen) atoms. The van der Waals surface area contributed by atoms with Crippen LogP contribution < -0.4 is 4.74 Å². The standard InChI is InChI=1S/C24H28ClN3O2/c25-23-4-2-1-3-19(23)5-6-24(29)28-15-9-20(10-16-28)27-17-11-22(12-18-27)30-21-7-13-26-14-8-21/h1-8,13-14,20,22H,9-12,15-18H2/b6-5+. The average Bonchev–Trinajstić information content (AvgIpc) is 2.80. The van der Waals surface area contributed by atoms with Crippen LogP contribution in [0.1, 0.15) is 31.2 Å². The number of rotatable bonds is 5. The van der Waals surface area contributed by atoms with Crippen LogP contribution in [0, 0.1) is 0 Å². The summed E-state index contributed by atoms with van der Waals surface area (Å²) in [6, 6.07) is 12.0. The molecule has 0 bridgehead atoms. The molecule has 2 saturated heterocycles. The fourth-order valence-electron chi connectivity index (χ4n) is 4.30. The van der Waals surface area contributed by atoms with E-state index in [0.717, 1.165) is 63.2 Å². The number of hydrogen-bond donors (Lipinski definition) is 0. The number of piperidine rings is 2. The zero-order valence-corrected chi connectivity index (χ0v) is 17.9. The van der Waals surface area contributed by atoms with Crippen molar-refractivity contribution in [1.29, 1.82) is 0 Å². The van der Waals surface area contributed by atoms with Crippen LogP contribution >= 0.6 is 11.6 Å². The highest BCUT2D eigenvalue weighted by Gasteiger charge is 2.29. The third-order valence-corrected chi connectivity index (χ3v) is 6.38. The zero-order valence-electron chi connectivity index (χ0n) is 17.1. The maximum absolute atomic E-state index is 12.5. The van der Waals surface area contributed by atoms with Crippen LogP contribution in [0.15, 0.2) is 54.9 Å². The van der Waals surface area contributed by atoms with Gasteiger partial charge in [0.15, 0.2) is 0 Å². The van der Waals surface area contributed by atoms with Gasteiger partial charge in [0.2, 0.25) is 5.91 Å². The van der Waals surface area contributed by atoms with Crippen LogP contribution in [-0.4, -0.2) is 59.0 Å². The Kier molecular flexibility index (Phi) is 7.03. The van der Waals surface area contributed by atoms with E-state index in [4.69, 9.17) is 16.3 Å². The highest BCUT2D eigenvalue weighted by atomic mass is 35.5. The van der Waals surface area contributed by atoms with Gasteiger partial charge in [0.05, 0.1) is 0 Å². The molecule has 2 aromatic rings. The van der Waals surface area contributed by atoms with Crippen LogP contribution in [0.25, 0.3) is 6.08 Å². The fourth-order valence-corrected chi connectivity index (χ4v) is 4.49. The Morgan fingerprint density at radius 2 is 1.70 bits per heavy atom. The van der Waals surface area contributed by atoms with Crippen molar-refractivity contribution in [2.45, 2.75) is 37.8 Å². The Morgan fingerprint density at radius 3 is 2.40 bits per heavy atom. The van der Waals surface area contributed by atoms with E-state index in [-0.39, 0.29) is 12.0 Å². The van der Waals surface area contributed by atoms with Gasteiger partial charge in [-0.05, 0) is 55.5 Å². The molecule has 2 fully saturated rings. The first-order chi connectivity index (χ1) is 14.7. The molecule has 5 nitrogen and oxygen atoms in total. The Balaban J connectivity index is 1.21. The predicted molar refractivity (Wildman–Crippen MR) is 120 cm³/mol. The lowest BCUT2D eigenvalue weighted by Gasteiger charge is -2.41. The second-order valence-electron chi connectivity index (χ2n) is 7.95. The molecule has 0 atom stereocenters. The van der Waals surface area contributed by atoms with E-state index in [1.165, 1.54) is 0 Å². The van der Waals surface area contributed by atoms with Crippen molar-refractivity contribution < 1.29 is 9.53 Å². The number of carbonyl (C=O) groups excluding carboxylic acids is 1. The van der Waals surface area contributed by atoms with Crippen LogP contribution in [0.3, 0.4) is 0 Å². The van der Waals surface area contributed by atoms with Gasteiger partial charge in [0.25, 0.3) is 0 Å². The smallest absolute Gasteiger partial charge is 0.246 e. The number of carbonyl (C=O) groups is 1. The molecule has 1 amide bonds. The molecule has 0 radical (unpaired) electrons. The molecule has 0 N–H and O–H groups in total. The van der Waals surface area contributed by atoms with E-state index in [1.54, 1.807) is 18.5 Å². The summed E-state index contributed by atoms with van der Waals surface area (Å²) in [4.78, 5) is 21.1. The molecule has 0 unspecified atom stereocenters. The molecule has 1 aromatic carbocycles. The van der Waals surface area contributed by atoms with Crippen molar-refractivity contribution in [2.75, 3.05) is 26.2 Å². The van der Waals surface area contributed by atoms with Crippen molar-refractivity contribution in [1.82, 2.24) is 14.8 Å². The average molecular weight is 426 g/mol. The number of benzene rings is 1. The van der Waals surface area contributed by atoms with E-state index < -0.39 is 0 Å². The molecule has 3 heterocycles. The minimum absolute atomic E-state index is 0.0674. The monoisotopic (exact) mass is 425 g/mol. The van der Waals surface area contributed by atoms with E-state index in [9.17, 15) is 4.79 Å². The molecule has 158 valence electrons. The van der Waals surface area contributed by atoms with Gasteiger partial charge in [-0.25, -0.2) is 0 Å². The van der Waals surface area contributed by atoms with Crippen LogP contribution in [0.2, 0.25) is 5.02 Å². The summed E-state index contributed by atoms with van der Waals surface area (Å²) < 4.78 is 6.07. The normalized spacial score (nSPS) is 19.3. The first-order valence-corrected chi connectivity index (χ1v) is 11.1. The Morgan fingerprint density at radius 1 is 1.00 bits per heavy atom. The number of nitrogens with zero attached hydrogens (tertiary/aromatic N) is 3. The summed E-state index contributed by atoms with van der Waals surface area (Å²) >= 11 is 6.16. The number of pyridine rings is 1. The van der Waals surface area contributed by atoms with Gasteiger partial charge in [-0.15, -0.1) is 0 Å². The lowest BCUT2D eigenvalue weighted by atomic mass is 9.98. The lowest BCUT2D eigenvalue weighted by molar-refractivity contribution is -0.127. The Labute approximate surface area is 183 Å². The minimum Gasteiger partial charge on any atom is -0.490 e. The molecule has 2 aliphatic rings. The molecule has 0 spiro atoms. The van der Waals surface area contributed by atoms with Crippen LogP contribution in [-0.2, 0) is 4.79 Å². The van der Waals surface area contributed by atoms with Gasteiger partial charge in [-0.3, -0.25) is 14.7 Å². The van der Waals surface area contributed by atoms with Crippen molar-refractivity contribution in [3.8, 4) is 5.75 Å². The largest absolute Gasteiger partial charge is 0.490 e. The number of hydrogen-bond acceptors (Lipinski definition) is 4. The predicted octanol–water partition coefficient (Wildman–Crippen LogP) is 4.28. The van der Waals surface area contributed by atoms with Gasteiger partial charge < -0.3 is 9.64 Å². The van der Waals surface area contributed by atoms with Gasteiger partial charge in [-0.2, -0.15) is 0 Å². The summed E-state index contributed by atoms with van der Waals surface area (Å²) in [5, 5.41) is 0.663. The van der Waals surface area contributed by atoms with E-state index in [2.05, 4.69) is 9.88 Å². The first-order valence-electron chi connectivity index (χ1n) is 10.7. The Hall–Kier alpha value is -2.37. The summed E-state index contributed by atoms with van der Waals surface area (Å²) in [7, 11) is 0. The lowest BCUT2D eigenvalue weighted by Crippen LogP contribution is -2.49. The highest BCUT2D eigenvalue weighted by Crippen LogP contribution is 2.24. The van der Waals surface area contributed by atoms with Crippen molar-refractivity contribution >= 4 is 23.6 Å². The zero-order chi connectivity index (χ0) is 20.8. The number of likely N-dealkylation sites (tertiary alicyclic amines) is 2. The summed E-state index contributed by atoms with van der Waals surface area (Å²) in [6.07, 6.45) is 11.4. The highest BCUT2D eigenvalue weighted by molar-refractivity contribution is 6.32. The van der Waals surface area contributed by atoms with Crippen molar-refractivity contribution in [3.63, 3.8) is 0 Å². The van der Waals surface area contributed by atoms with E-state index >= 15 is 0 Å². The molecule has 4 rings (SSSR count). The Bertz CT molecular complexity index is 858. The minimum atomic E-state index is 0.0674. The van der Waals surface area contributed by atoms with Crippen LogP contribution in [0.4, 0.5) is 0 Å². The summed E-state index contributed by atoms with van der Waals surface area (Å²) in [5.41, 5.74) is 0.874. The van der Waals surface area contributed by atoms with Gasteiger partial charge in [0, 0.05) is 55.7 Å². The number of halogens is 1. The van der Waals surface area contributed by atoms with Crippen molar-refractivity contribution in [2.24, 2.45) is 0 Å². The molecular weight excluding hydrogens is 398 g/mol. The molecule has 0 saturated carbocycles. The molecule has 0 aliphatic carbocycles. The first kappa shape index (κ1) is 20.9.